The first kappa shape index (κ1) is 13.8. The van der Waals surface area contributed by atoms with Gasteiger partial charge in [0, 0.05) is 5.56 Å². The molecular weight excluding hydrogens is 256 g/mol. The van der Waals surface area contributed by atoms with Gasteiger partial charge in [0.05, 0.1) is 19.8 Å². The molecule has 0 heterocycles. The van der Waals surface area contributed by atoms with Crippen LogP contribution in [0.2, 0.25) is 0 Å². The van der Waals surface area contributed by atoms with Crippen molar-refractivity contribution in [2.75, 3.05) is 14.2 Å². The van der Waals surface area contributed by atoms with Gasteiger partial charge < -0.3 is 9.47 Å². The van der Waals surface area contributed by atoms with Gasteiger partial charge in [-0.15, -0.1) is 0 Å². The fourth-order valence-electron chi connectivity index (χ4n) is 1.96. The summed E-state index contributed by atoms with van der Waals surface area (Å²) in [5.74, 6) is 0.238. The van der Waals surface area contributed by atoms with Gasteiger partial charge in [0.2, 0.25) is 0 Å². The smallest absolute Gasteiger partial charge is 0.337 e. The van der Waals surface area contributed by atoms with E-state index in [0.29, 0.717) is 16.9 Å². The minimum absolute atomic E-state index is 0.348. The van der Waals surface area contributed by atoms with Crippen LogP contribution in [-0.2, 0) is 4.74 Å². The van der Waals surface area contributed by atoms with Gasteiger partial charge in [-0.1, -0.05) is 18.2 Å². The molecule has 2 aromatic rings. The van der Waals surface area contributed by atoms with Crippen LogP contribution in [0.4, 0.5) is 0 Å². The normalized spacial score (nSPS) is 9.90. The van der Waals surface area contributed by atoms with Crippen LogP contribution < -0.4 is 4.74 Å². The van der Waals surface area contributed by atoms with E-state index in [2.05, 4.69) is 4.74 Å². The largest absolute Gasteiger partial charge is 0.497 e. The Kier molecular flexibility index (Phi) is 4.15. The molecule has 102 valence electrons. The Morgan fingerprint density at radius 1 is 1.10 bits per heavy atom. The number of rotatable bonds is 4. The third kappa shape index (κ3) is 2.69. The average molecular weight is 270 g/mol. The van der Waals surface area contributed by atoms with E-state index in [1.54, 1.807) is 19.2 Å². The third-order valence-corrected chi connectivity index (χ3v) is 2.98. The Hall–Kier alpha value is -2.62. The van der Waals surface area contributed by atoms with Crippen LogP contribution in [0.1, 0.15) is 20.7 Å². The summed E-state index contributed by atoms with van der Waals surface area (Å²) < 4.78 is 9.81. The second-order valence-corrected chi connectivity index (χ2v) is 4.14. The molecule has 4 nitrogen and oxygen atoms in total. The zero-order chi connectivity index (χ0) is 14.5. The molecule has 0 fully saturated rings. The minimum Gasteiger partial charge on any atom is -0.497 e. The van der Waals surface area contributed by atoms with Crippen LogP contribution in [0.15, 0.2) is 42.5 Å². The second kappa shape index (κ2) is 6.02. The lowest BCUT2D eigenvalue weighted by atomic mass is 9.98. The molecule has 2 aromatic carbocycles. The van der Waals surface area contributed by atoms with Crippen molar-refractivity contribution in [1.82, 2.24) is 0 Å². The molecule has 0 saturated carbocycles. The predicted octanol–water partition coefficient (Wildman–Crippen LogP) is 2.96. The molecule has 0 unspecified atom stereocenters. The Morgan fingerprint density at radius 3 is 2.55 bits per heavy atom. The maximum atomic E-state index is 11.5. The van der Waals surface area contributed by atoms with E-state index in [1.807, 2.05) is 24.3 Å². The number of hydrogen-bond acceptors (Lipinski definition) is 4. The lowest BCUT2D eigenvalue weighted by molar-refractivity contribution is 0.0600. The van der Waals surface area contributed by atoms with E-state index in [9.17, 15) is 9.59 Å². The maximum Gasteiger partial charge on any atom is 0.337 e. The van der Waals surface area contributed by atoms with Crippen molar-refractivity contribution in [1.29, 1.82) is 0 Å². The molecule has 0 amide bonds. The highest BCUT2D eigenvalue weighted by Gasteiger charge is 2.11. The molecule has 0 bridgehead atoms. The molecule has 0 spiro atoms. The lowest BCUT2D eigenvalue weighted by Crippen LogP contribution is -2.02. The molecule has 0 aromatic heterocycles. The van der Waals surface area contributed by atoms with Gasteiger partial charge in [-0.2, -0.15) is 0 Å². The van der Waals surface area contributed by atoms with Crippen LogP contribution in [-0.4, -0.2) is 26.5 Å². The monoisotopic (exact) mass is 270 g/mol. The first-order chi connectivity index (χ1) is 9.69. The molecule has 0 aliphatic heterocycles. The van der Waals surface area contributed by atoms with Crippen molar-refractivity contribution in [3.63, 3.8) is 0 Å². The molecule has 0 radical (unpaired) electrons. The van der Waals surface area contributed by atoms with Crippen LogP contribution in [0.25, 0.3) is 11.1 Å². The summed E-state index contributed by atoms with van der Waals surface area (Å²) in [5, 5.41) is 0. The highest BCUT2D eigenvalue weighted by atomic mass is 16.5. The molecular formula is C16H14O4. The van der Waals surface area contributed by atoms with Crippen molar-refractivity contribution in [2.24, 2.45) is 0 Å². The van der Waals surface area contributed by atoms with E-state index in [-0.39, 0.29) is 0 Å². The van der Waals surface area contributed by atoms with E-state index >= 15 is 0 Å². The Balaban J connectivity index is 2.51. The van der Waals surface area contributed by atoms with Gasteiger partial charge in [0.15, 0.2) is 6.29 Å². The predicted molar refractivity (Wildman–Crippen MR) is 75.2 cm³/mol. The van der Waals surface area contributed by atoms with Crippen LogP contribution >= 0.6 is 0 Å². The molecule has 0 saturated heterocycles. The summed E-state index contributed by atoms with van der Waals surface area (Å²) in [6.45, 7) is 0. The fourth-order valence-corrected chi connectivity index (χ4v) is 1.96. The first-order valence-corrected chi connectivity index (χ1v) is 6.01. The van der Waals surface area contributed by atoms with E-state index in [0.717, 1.165) is 17.4 Å². The number of carbonyl (C=O) groups is 2. The fraction of sp³-hybridized carbons (Fsp3) is 0.125. The minimum atomic E-state index is -0.467. The Labute approximate surface area is 116 Å². The van der Waals surface area contributed by atoms with Crippen molar-refractivity contribution in [3.8, 4) is 16.9 Å². The molecule has 4 heteroatoms. The van der Waals surface area contributed by atoms with Crippen LogP contribution in [0.5, 0.6) is 5.75 Å². The van der Waals surface area contributed by atoms with E-state index < -0.39 is 5.97 Å². The number of carbonyl (C=O) groups excluding carboxylic acids is 2. The number of ether oxygens (including phenoxy) is 2. The zero-order valence-electron chi connectivity index (χ0n) is 11.3. The van der Waals surface area contributed by atoms with E-state index in [1.165, 1.54) is 13.2 Å². The standard InChI is InChI=1S/C16H14O4/c1-19-14-5-3-4-11(9-14)15-7-6-12(16(18)20-2)8-13(15)10-17/h3-10H,1-2H3. The topological polar surface area (TPSA) is 52.6 Å². The SMILES string of the molecule is COC(=O)c1ccc(-c2cccc(OC)c2)c(C=O)c1. The van der Waals surface area contributed by atoms with Crippen LogP contribution in [0.3, 0.4) is 0 Å². The Bertz CT molecular complexity index is 647. The second-order valence-electron chi connectivity index (χ2n) is 4.14. The summed E-state index contributed by atoms with van der Waals surface area (Å²) in [7, 11) is 2.89. The highest BCUT2D eigenvalue weighted by molar-refractivity contribution is 5.95. The van der Waals surface area contributed by atoms with Gasteiger partial charge in [0.25, 0.3) is 0 Å². The number of methoxy groups -OCH3 is 2. The average Bonchev–Trinajstić information content (AvgIpc) is 2.53. The summed E-state index contributed by atoms with van der Waals surface area (Å²) in [6, 6.07) is 12.3. The molecule has 0 aliphatic rings. The summed E-state index contributed by atoms with van der Waals surface area (Å²) in [4.78, 5) is 22.7. The van der Waals surface area contributed by atoms with Crippen molar-refractivity contribution >= 4 is 12.3 Å². The summed E-state index contributed by atoms with van der Waals surface area (Å²) >= 11 is 0. The van der Waals surface area contributed by atoms with Gasteiger partial charge in [-0.3, -0.25) is 4.79 Å². The van der Waals surface area contributed by atoms with Crippen LogP contribution in [0, 0.1) is 0 Å². The molecule has 20 heavy (non-hydrogen) atoms. The number of hydrogen-bond donors (Lipinski definition) is 0. The number of benzene rings is 2. The third-order valence-electron chi connectivity index (χ3n) is 2.98. The highest BCUT2D eigenvalue weighted by Crippen LogP contribution is 2.27. The van der Waals surface area contributed by atoms with Crippen molar-refractivity contribution in [2.45, 2.75) is 0 Å². The number of aldehydes is 1. The molecule has 2 rings (SSSR count). The lowest BCUT2D eigenvalue weighted by Gasteiger charge is -2.08. The number of esters is 1. The first-order valence-electron chi connectivity index (χ1n) is 6.01. The zero-order valence-corrected chi connectivity index (χ0v) is 11.3. The van der Waals surface area contributed by atoms with Crippen molar-refractivity contribution < 1.29 is 19.1 Å². The van der Waals surface area contributed by atoms with Gasteiger partial charge in [0.1, 0.15) is 5.75 Å². The maximum absolute atomic E-state index is 11.5. The molecule has 0 N–H and O–H groups in total. The van der Waals surface area contributed by atoms with Gasteiger partial charge in [-0.25, -0.2) is 4.79 Å². The van der Waals surface area contributed by atoms with Gasteiger partial charge in [-0.05, 0) is 35.4 Å². The summed E-state index contributed by atoms with van der Waals surface area (Å²) in [5.41, 5.74) is 2.37. The van der Waals surface area contributed by atoms with Crippen molar-refractivity contribution in [3.05, 3.63) is 53.6 Å². The Morgan fingerprint density at radius 2 is 1.90 bits per heavy atom. The van der Waals surface area contributed by atoms with E-state index in [4.69, 9.17) is 4.74 Å². The molecule has 0 atom stereocenters. The summed E-state index contributed by atoms with van der Waals surface area (Å²) in [6.07, 6.45) is 0.723. The quantitative estimate of drug-likeness (QED) is 0.633. The van der Waals surface area contributed by atoms with Gasteiger partial charge >= 0.3 is 5.97 Å². The molecule has 0 aliphatic carbocycles.